The van der Waals surface area contributed by atoms with E-state index < -0.39 is 10.0 Å². The highest BCUT2D eigenvalue weighted by atomic mass is 32.2. The first kappa shape index (κ1) is 17.2. The molecule has 1 unspecified atom stereocenters. The van der Waals surface area contributed by atoms with Crippen LogP contribution in [0.2, 0.25) is 0 Å². The van der Waals surface area contributed by atoms with Gasteiger partial charge in [-0.05, 0) is 26.7 Å². The maximum atomic E-state index is 12.3. The van der Waals surface area contributed by atoms with Crippen LogP contribution in [0.3, 0.4) is 0 Å². The number of nitrogens with one attached hydrogen (secondary N) is 1. The monoisotopic (exact) mass is 331 g/mol. The summed E-state index contributed by atoms with van der Waals surface area (Å²) in [5.74, 6) is -0.148. The van der Waals surface area contributed by atoms with E-state index in [0.29, 0.717) is 38.9 Å². The smallest absolute Gasteiger partial charge is 0.225 e. The van der Waals surface area contributed by atoms with Crippen LogP contribution in [-0.4, -0.2) is 67.4 Å². The molecule has 0 bridgehead atoms. The second kappa shape index (κ2) is 6.54. The molecule has 2 aliphatic rings. The van der Waals surface area contributed by atoms with E-state index in [4.69, 9.17) is 0 Å². The Morgan fingerprint density at radius 2 is 1.86 bits per heavy atom. The average Bonchev–Trinajstić information content (AvgIpc) is 2.79. The Balaban J connectivity index is 1.83. The minimum Gasteiger partial charge on any atom is -0.351 e. The molecule has 0 aliphatic carbocycles. The van der Waals surface area contributed by atoms with E-state index in [-0.39, 0.29) is 29.8 Å². The number of likely N-dealkylation sites (tertiary alicyclic amines) is 1. The van der Waals surface area contributed by atoms with Gasteiger partial charge in [0.05, 0.1) is 12.3 Å². The SMILES string of the molecule is CC(C)N1CC(NC(=O)C2CCN(S(C)(=O)=O)CC2)CC1=O. The minimum absolute atomic E-state index is 0.0587. The maximum Gasteiger partial charge on any atom is 0.225 e. The molecule has 0 saturated carbocycles. The minimum atomic E-state index is -3.17. The average molecular weight is 331 g/mol. The fraction of sp³-hybridized carbons (Fsp3) is 0.857. The summed E-state index contributed by atoms with van der Waals surface area (Å²) in [6.45, 7) is 5.26. The van der Waals surface area contributed by atoms with Gasteiger partial charge in [-0.15, -0.1) is 0 Å². The molecule has 0 radical (unpaired) electrons. The van der Waals surface area contributed by atoms with Crippen LogP contribution in [0.25, 0.3) is 0 Å². The number of hydrogen-bond donors (Lipinski definition) is 1. The highest BCUT2D eigenvalue weighted by molar-refractivity contribution is 7.88. The van der Waals surface area contributed by atoms with E-state index in [1.807, 2.05) is 13.8 Å². The summed E-state index contributed by atoms with van der Waals surface area (Å²) >= 11 is 0. The van der Waals surface area contributed by atoms with Gasteiger partial charge in [0.1, 0.15) is 0 Å². The third kappa shape index (κ3) is 3.98. The van der Waals surface area contributed by atoms with Crippen LogP contribution in [0.15, 0.2) is 0 Å². The Labute approximate surface area is 132 Å². The Kier molecular flexibility index (Phi) is 5.11. The van der Waals surface area contributed by atoms with Gasteiger partial charge in [-0.3, -0.25) is 9.59 Å². The molecule has 2 rings (SSSR count). The van der Waals surface area contributed by atoms with Crippen molar-refractivity contribution >= 4 is 21.8 Å². The first-order chi connectivity index (χ1) is 10.2. The predicted molar refractivity (Wildman–Crippen MR) is 82.5 cm³/mol. The van der Waals surface area contributed by atoms with E-state index >= 15 is 0 Å². The van der Waals surface area contributed by atoms with Gasteiger partial charge in [-0.25, -0.2) is 12.7 Å². The van der Waals surface area contributed by atoms with Gasteiger partial charge in [0.2, 0.25) is 21.8 Å². The van der Waals surface area contributed by atoms with Crippen LogP contribution < -0.4 is 5.32 Å². The molecule has 1 atom stereocenters. The van der Waals surface area contributed by atoms with Gasteiger partial charge < -0.3 is 10.2 Å². The molecular formula is C14H25N3O4S. The fourth-order valence-electron chi connectivity index (χ4n) is 3.10. The largest absolute Gasteiger partial charge is 0.351 e. The summed E-state index contributed by atoms with van der Waals surface area (Å²) in [6.07, 6.45) is 2.62. The zero-order valence-corrected chi connectivity index (χ0v) is 14.2. The van der Waals surface area contributed by atoms with Crippen molar-refractivity contribution in [3.8, 4) is 0 Å². The molecule has 7 nitrogen and oxygen atoms in total. The number of hydrogen-bond acceptors (Lipinski definition) is 4. The van der Waals surface area contributed by atoms with Crippen molar-refractivity contribution in [3.05, 3.63) is 0 Å². The molecule has 8 heteroatoms. The first-order valence-electron chi connectivity index (χ1n) is 7.73. The lowest BCUT2D eigenvalue weighted by molar-refractivity contribution is -0.129. The fourth-order valence-corrected chi connectivity index (χ4v) is 3.97. The van der Waals surface area contributed by atoms with Gasteiger partial charge in [0, 0.05) is 38.0 Å². The molecule has 0 aromatic heterocycles. The molecule has 2 saturated heterocycles. The molecule has 1 N–H and O–H groups in total. The van der Waals surface area contributed by atoms with Crippen molar-refractivity contribution in [2.75, 3.05) is 25.9 Å². The second-order valence-corrected chi connectivity index (χ2v) is 8.47. The van der Waals surface area contributed by atoms with Crippen LogP contribution in [-0.2, 0) is 19.6 Å². The molecule has 2 aliphatic heterocycles. The Morgan fingerprint density at radius 1 is 1.27 bits per heavy atom. The van der Waals surface area contributed by atoms with Crippen LogP contribution >= 0.6 is 0 Å². The lowest BCUT2D eigenvalue weighted by Crippen LogP contribution is -2.46. The summed E-state index contributed by atoms with van der Waals surface area (Å²) in [4.78, 5) is 25.9. The number of piperidine rings is 1. The van der Waals surface area contributed by atoms with Crippen LogP contribution in [0.4, 0.5) is 0 Å². The van der Waals surface area contributed by atoms with Crippen LogP contribution in [0.5, 0.6) is 0 Å². The Morgan fingerprint density at radius 3 is 2.32 bits per heavy atom. The molecule has 2 heterocycles. The molecule has 0 aromatic rings. The van der Waals surface area contributed by atoms with E-state index in [1.54, 1.807) is 4.90 Å². The van der Waals surface area contributed by atoms with Gasteiger partial charge >= 0.3 is 0 Å². The van der Waals surface area contributed by atoms with Crippen molar-refractivity contribution in [1.29, 1.82) is 0 Å². The molecule has 126 valence electrons. The second-order valence-electron chi connectivity index (χ2n) is 6.49. The molecule has 0 aromatic carbocycles. The summed E-state index contributed by atoms with van der Waals surface area (Å²) in [6, 6.07) is 0.0164. The third-order valence-electron chi connectivity index (χ3n) is 4.42. The standard InChI is InChI=1S/C14H25N3O4S/c1-10(2)17-9-12(8-13(17)18)15-14(19)11-4-6-16(7-5-11)22(3,20)21/h10-12H,4-9H2,1-3H3,(H,15,19). The predicted octanol–water partition coefficient (Wildman–Crippen LogP) is -0.216. The van der Waals surface area contributed by atoms with Gasteiger partial charge in [-0.1, -0.05) is 0 Å². The summed E-state index contributed by atoms with van der Waals surface area (Å²) in [7, 11) is -3.17. The third-order valence-corrected chi connectivity index (χ3v) is 5.73. The lowest BCUT2D eigenvalue weighted by atomic mass is 9.97. The van der Waals surface area contributed by atoms with E-state index in [0.717, 1.165) is 0 Å². The lowest BCUT2D eigenvalue weighted by Gasteiger charge is -2.30. The van der Waals surface area contributed by atoms with Crippen molar-refractivity contribution in [2.45, 2.75) is 45.2 Å². The number of sulfonamides is 1. The molecular weight excluding hydrogens is 306 g/mol. The zero-order chi connectivity index (χ0) is 16.5. The van der Waals surface area contributed by atoms with E-state index in [2.05, 4.69) is 5.32 Å². The van der Waals surface area contributed by atoms with Gasteiger partial charge in [0.15, 0.2) is 0 Å². The number of amides is 2. The van der Waals surface area contributed by atoms with Crippen molar-refractivity contribution in [3.63, 3.8) is 0 Å². The Hall–Kier alpha value is -1.15. The van der Waals surface area contributed by atoms with Crippen LogP contribution in [0, 0.1) is 5.92 Å². The number of nitrogens with zero attached hydrogens (tertiary/aromatic N) is 2. The zero-order valence-electron chi connectivity index (χ0n) is 13.4. The van der Waals surface area contributed by atoms with E-state index in [9.17, 15) is 18.0 Å². The summed E-state index contributed by atoms with van der Waals surface area (Å²) in [5.41, 5.74) is 0. The van der Waals surface area contributed by atoms with Crippen molar-refractivity contribution < 1.29 is 18.0 Å². The summed E-state index contributed by atoms with van der Waals surface area (Å²) in [5, 5.41) is 2.95. The molecule has 2 fully saturated rings. The van der Waals surface area contributed by atoms with Crippen molar-refractivity contribution in [1.82, 2.24) is 14.5 Å². The maximum absolute atomic E-state index is 12.3. The van der Waals surface area contributed by atoms with Crippen LogP contribution in [0.1, 0.15) is 33.1 Å². The number of carbonyl (C=O) groups excluding carboxylic acids is 2. The highest BCUT2D eigenvalue weighted by Crippen LogP contribution is 2.21. The quantitative estimate of drug-likeness (QED) is 0.772. The Bertz CT molecular complexity index is 538. The molecule has 2 amide bonds. The summed E-state index contributed by atoms with van der Waals surface area (Å²) < 4.78 is 24.3. The van der Waals surface area contributed by atoms with Gasteiger partial charge in [0.25, 0.3) is 0 Å². The number of carbonyl (C=O) groups is 2. The number of rotatable bonds is 4. The van der Waals surface area contributed by atoms with Gasteiger partial charge in [-0.2, -0.15) is 0 Å². The first-order valence-corrected chi connectivity index (χ1v) is 9.58. The van der Waals surface area contributed by atoms with Crippen molar-refractivity contribution in [2.24, 2.45) is 5.92 Å². The normalized spacial score (nSPS) is 25.0. The molecule has 0 spiro atoms. The molecule has 22 heavy (non-hydrogen) atoms. The van der Waals surface area contributed by atoms with E-state index in [1.165, 1.54) is 10.6 Å². The highest BCUT2D eigenvalue weighted by Gasteiger charge is 2.34. The topological polar surface area (TPSA) is 86.8 Å².